The molecule has 2 heterocycles. The van der Waals surface area contributed by atoms with Crippen LogP contribution in [0.2, 0.25) is 0 Å². The summed E-state index contributed by atoms with van der Waals surface area (Å²) in [7, 11) is 1.57. The van der Waals surface area contributed by atoms with Crippen molar-refractivity contribution in [2.24, 2.45) is 7.05 Å². The molecule has 0 unspecified atom stereocenters. The van der Waals surface area contributed by atoms with E-state index in [1.165, 1.54) is 10.4 Å². The molecule has 162 valence electrons. The SMILES string of the molecule is Cn1nc(C(=O)NCCCCN2CCN(c3ccccc3)CC2)c2ccccc2c1=O. The van der Waals surface area contributed by atoms with Gasteiger partial charge in [-0.3, -0.25) is 14.5 Å². The number of piperazine rings is 1. The number of unbranched alkanes of at least 4 members (excludes halogenated alkanes) is 1. The number of fused-ring (bicyclic) bond motifs is 1. The molecule has 1 aliphatic rings. The standard InChI is InChI=1S/C24H29N5O2/c1-27-24(31)21-12-6-5-11-20(21)22(26-27)23(30)25-13-7-8-14-28-15-17-29(18-16-28)19-9-3-2-4-10-19/h2-6,9-12H,7-8,13-18H2,1H3,(H,25,30). The van der Waals surface area contributed by atoms with Crippen LogP contribution in [-0.2, 0) is 7.05 Å². The smallest absolute Gasteiger partial charge is 0.274 e. The Hall–Kier alpha value is -3.19. The number of amides is 1. The van der Waals surface area contributed by atoms with E-state index in [0.717, 1.165) is 45.6 Å². The van der Waals surface area contributed by atoms with Gasteiger partial charge in [0.1, 0.15) is 0 Å². The lowest BCUT2D eigenvalue weighted by atomic mass is 10.1. The predicted octanol–water partition coefficient (Wildman–Crippen LogP) is 2.27. The number of nitrogens with zero attached hydrogens (tertiary/aromatic N) is 4. The number of rotatable bonds is 7. The minimum Gasteiger partial charge on any atom is -0.369 e. The number of para-hydroxylation sites is 1. The van der Waals surface area contributed by atoms with Crippen LogP contribution in [0.15, 0.2) is 59.4 Å². The first kappa shape index (κ1) is 21.1. The summed E-state index contributed by atoms with van der Waals surface area (Å²) >= 11 is 0. The molecule has 0 bridgehead atoms. The van der Waals surface area contributed by atoms with Crippen LogP contribution in [0.4, 0.5) is 5.69 Å². The van der Waals surface area contributed by atoms with Crippen molar-refractivity contribution in [3.8, 4) is 0 Å². The Kier molecular flexibility index (Phi) is 6.62. The normalized spacial score (nSPS) is 14.7. The van der Waals surface area contributed by atoms with Crippen LogP contribution in [-0.4, -0.2) is 59.9 Å². The van der Waals surface area contributed by atoms with Crippen LogP contribution in [0.3, 0.4) is 0 Å². The van der Waals surface area contributed by atoms with Crippen LogP contribution < -0.4 is 15.8 Å². The largest absolute Gasteiger partial charge is 0.369 e. The highest BCUT2D eigenvalue weighted by molar-refractivity contribution is 6.04. The van der Waals surface area contributed by atoms with E-state index in [4.69, 9.17) is 0 Å². The quantitative estimate of drug-likeness (QED) is 0.595. The molecule has 1 fully saturated rings. The summed E-state index contributed by atoms with van der Waals surface area (Å²) in [5.74, 6) is -0.233. The van der Waals surface area contributed by atoms with Crippen molar-refractivity contribution in [1.82, 2.24) is 20.0 Å². The number of aryl methyl sites for hydroxylation is 1. The minimum atomic E-state index is -0.233. The Morgan fingerprint density at radius 3 is 2.35 bits per heavy atom. The van der Waals surface area contributed by atoms with E-state index in [2.05, 4.69) is 50.5 Å². The first-order chi connectivity index (χ1) is 15.1. The maximum absolute atomic E-state index is 12.7. The highest BCUT2D eigenvalue weighted by Crippen LogP contribution is 2.16. The van der Waals surface area contributed by atoms with Gasteiger partial charge in [0.2, 0.25) is 0 Å². The van der Waals surface area contributed by atoms with Gasteiger partial charge in [-0.2, -0.15) is 5.10 Å². The summed E-state index contributed by atoms with van der Waals surface area (Å²) in [4.78, 5) is 29.8. The summed E-state index contributed by atoms with van der Waals surface area (Å²) in [6.45, 7) is 5.87. The Morgan fingerprint density at radius 2 is 1.61 bits per heavy atom. The zero-order valence-electron chi connectivity index (χ0n) is 18.0. The van der Waals surface area contributed by atoms with E-state index in [9.17, 15) is 9.59 Å². The second-order valence-corrected chi connectivity index (χ2v) is 7.95. The van der Waals surface area contributed by atoms with Crippen LogP contribution in [0.25, 0.3) is 10.8 Å². The van der Waals surface area contributed by atoms with E-state index in [1.807, 2.05) is 6.07 Å². The fraction of sp³-hybridized carbons (Fsp3) is 0.375. The maximum Gasteiger partial charge on any atom is 0.274 e. The molecule has 0 spiro atoms. The molecule has 31 heavy (non-hydrogen) atoms. The lowest BCUT2D eigenvalue weighted by Crippen LogP contribution is -2.46. The maximum atomic E-state index is 12.7. The van der Waals surface area contributed by atoms with Gasteiger partial charge >= 0.3 is 0 Å². The Balaban J connectivity index is 1.22. The van der Waals surface area contributed by atoms with E-state index < -0.39 is 0 Å². The fourth-order valence-electron chi connectivity index (χ4n) is 4.08. The first-order valence-corrected chi connectivity index (χ1v) is 10.9. The number of carbonyl (C=O) groups is 1. The summed E-state index contributed by atoms with van der Waals surface area (Å²) < 4.78 is 1.23. The van der Waals surface area contributed by atoms with Crippen molar-refractivity contribution in [3.05, 3.63) is 70.6 Å². The third-order valence-corrected chi connectivity index (χ3v) is 5.85. The number of hydrogen-bond donors (Lipinski definition) is 1. The third kappa shape index (κ3) is 4.94. The Labute approximate surface area is 182 Å². The molecule has 0 saturated carbocycles. The molecular weight excluding hydrogens is 390 g/mol. The topological polar surface area (TPSA) is 70.5 Å². The Bertz CT molecular complexity index is 1090. The summed E-state index contributed by atoms with van der Waals surface area (Å²) in [6.07, 6.45) is 1.95. The van der Waals surface area contributed by atoms with Gasteiger partial charge in [-0.25, -0.2) is 4.68 Å². The van der Waals surface area contributed by atoms with Crippen molar-refractivity contribution in [2.75, 3.05) is 44.2 Å². The number of hydrogen-bond acceptors (Lipinski definition) is 5. The molecule has 1 aliphatic heterocycles. The Morgan fingerprint density at radius 1 is 0.935 bits per heavy atom. The van der Waals surface area contributed by atoms with E-state index in [-0.39, 0.29) is 11.5 Å². The van der Waals surface area contributed by atoms with Gasteiger partial charge in [0.25, 0.3) is 11.5 Å². The summed E-state index contributed by atoms with van der Waals surface area (Å²) in [5, 5.41) is 8.26. The molecule has 0 radical (unpaired) electrons. The number of aromatic nitrogens is 2. The number of anilines is 1. The van der Waals surface area contributed by atoms with Gasteiger partial charge < -0.3 is 10.2 Å². The van der Waals surface area contributed by atoms with Gasteiger partial charge in [-0.05, 0) is 37.6 Å². The number of carbonyl (C=O) groups excluding carboxylic acids is 1. The van der Waals surface area contributed by atoms with E-state index >= 15 is 0 Å². The van der Waals surface area contributed by atoms with Crippen molar-refractivity contribution < 1.29 is 4.79 Å². The van der Waals surface area contributed by atoms with Gasteiger partial charge in [0, 0.05) is 50.8 Å². The molecule has 4 rings (SSSR count). The molecule has 1 saturated heterocycles. The second kappa shape index (κ2) is 9.75. The second-order valence-electron chi connectivity index (χ2n) is 7.95. The highest BCUT2D eigenvalue weighted by Gasteiger charge is 2.17. The molecule has 1 aromatic heterocycles. The van der Waals surface area contributed by atoms with Crippen molar-refractivity contribution in [3.63, 3.8) is 0 Å². The van der Waals surface area contributed by atoms with Gasteiger partial charge in [-0.15, -0.1) is 0 Å². The van der Waals surface area contributed by atoms with Gasteiger partial charge in [0.05, 0.1) is 5.39 Å². The monoisotopic (exact) mass is 419 g/mol. The highest BCUT2D eigenvalue weighted by atomic mass is 16.2. The van der Waals surface area contributed by atoms with E-state index in [1.54, 1.807) is 25.2 Å². The third-order valence-electron chi connectivity index (χ3n) is 5.85. The predicted molar refractivity (Wildman–Crippen MR) is 124 cm³/mol. The van der Waals surface area contributed by atoms with E-state index in [0.29, 0.717) is 23.0 Å². The van der Waals surface area contributed by atoms with Crippen molar-refractivity contribution in [1.29, 1.82) is 0 Å². The number of benzene rings is 2. The van der Waals surface area contributed by atoms with Gasteiger partial charge in [0.15, 0.2) is 5.69 Å². The van der Waals surface area contributed by atoms with Crippen LogP contribution in [0, 0.1) is 0 Å². The molecule has 1 N–H and O–H groups in total. The average Bonchev–Trinajstić information content (AvgIpc) is 2.82. The molecule has 0 atom stereocenters. The molecule has 2 aromatic carbocycles. The summed E-state index contributed by atoms with van der Waals surface area (Å²) in [5.41, 5.74) is 1.40. The molecule has 3 aromatic rings. The zero-order chi connectivity index (χ0) is 21.6. The van der Waals surface area contributed by atoms with Crippen LogP contribution in [0.5, 0.6) is 0 Å². The van der Waals surface area contributed by atoms with Gasteiger partial charge in [-0.1, -0.05) is 36.4 Å². The lowest BCUT2D eigenvalue weighted by Gasteiger charge is -2.36. The minimum absolute atomic E-state index is 0.195. The number of nitrogens with one attached hydrogen (secondary N) is 1. The zero-order valence-corrected chi connectivity index (χ0v) is 18.0. The lowest BCUT2D eigenvalue weighted by molar-refractivity contribution is 0.0947. The van der Waals surface area contributed by atoms with Crippen molar-refractivity contribution >= 4 is 22.4 Å². The van der Waals surface area contributed by atoms with Crippen LogP contribution >= 0.6 is 0 Å². The summed E-state index contributed by atoms with van der Waals surface area (Å²) in [6, 6.07) is 17.7. The van der Waals surface area contributed by atoms with Crippen LogP contribution in [0.1, 0.15) is 23.3 Å². The molecule has 7 heteroatoms. The first-order valence-electron chi connectivity index (χ1n) is 10.9. The van der Waals surface area contributed by atoms with Crippen molar-refractivity contribution in [2.45, 2.75) is 12.8 Å². The molecular formula is C24H29N5O2. The average molecular weight is 420 g/mol. The fourth-order valence-corrected chi connectivity index (χ4v) is 4.08. The molecule has 1 amide bonds. The molecule has 0 aliphatic carbocycles. The molecule has 7 nitrogen and oxygen atoms in total.